The van der Waals surface area contributed by atoms with Crippen molar-refractivity contribution in [2.45, 2.75) is 6.92 Å². The van der Waals surface area contributed by atoms with Gasteiger partial charge in [0.1, 0.15) is 0 Å². The Morgan fingerprint density at radius 2 is 2.00 bits per heavy atom. The number of H-pyrrole nitrogens is 2. The molecule has 2 rings (SSSR count). The van der Waals surface area contributed by atoms with Crippen LogP contribution in [0.2, 0.25) is 0 Å². The molecule has 6 heteroatoms. The SMILES string of the molecule is Cc1cc2[nH]c(=O)[nH]c(=O)c2nn1. The normalized spacial score (nSPS) is 10.5. The molecule has 0 aliphatic heterocycles. The first kappa shape index (κ1) is 7.66. The summed E-state index contributed by atoms with van der Waals surface area (Å²) in [5, 5.41) is 7.36. The number of aryl methyl sites for hydroxylation is 1. The van der Waals surface area contributed by atoms with Gasteiger partial charge in [0.25, 0.3) is 5.56 Å². The van der Waals surface area contributed by atoms with Crippen molar-refractivity contribution >= 4 is 11.0 Å². The number of fused-ring (bicyclic) bond motifs is 1. The van der Waals surface area contributed by atoms with Crippen molar-refractivity contribution in [3.05, 3.63) is 32.6 Å². The zero-order valence-corrected chi connectivity index (χ0v) is 6.79. The first-order chi connectivity index (χ1) is 6.16. The number of rotatable bonds is 0. The largest absolute Gasteiger partial charge is 0.326 e. The summed E-state index contributed by atoms with van der Waals surface area (Å²) >= 11 is 0. The highest BCUT2D eigenvalue weighted by molar-refractivity contribution is 5.71. The van der Waals surface area contributed by atoms with E-state index in [-0.39, 0.29) is 5.52 Å². The molecule has 0 saturated carbocycles. The third-order valence-corrected chi connectivity index (χ3v) is 1.61. The molecular weight excluding hydrogens is 172 g/mol. The molecule has 66 valence electrons. The topological polar surface area (TPSA) is 91.5 Å². The number of hydrogen-bond donors (Lipinski definition) is 2. The monoisotopic (exact) mass is 178 g/mol. The zero-order valence-electron chi connectivity index (χ0n) is 6.79. The summed E-state index contributed by atoms with van der Waals surface area (Å²) in [6.07, 6.45) is 0. The van der Waals surface area contributed by atoms with Crippen molar-refractivity contribution in [2.75, 3.05) is 0 Å². The maximum atomic E-state index is 11.1. The number of nitrogens with one attached hydrogen (secondary N) is 2. The van der Waals surface area contributed by atoms with Crippen molar-refractivity contribution in [2.24, 2.45) is 0 Å². The third kappa shape index (κ3) is 1.22. The molecule has 0 radical (unpaired) electrons. The fraction of sp³-hybridized carbons (Fsp3) is 0.143. The molecule has 0 spiro atoms. The molecule has 2 aromatic heterocycles. The molecule has 2 N–H and O–H groups in total. The molecule has 0 saturated heterocycles. The Kier molecular flexibility index (Phi) is 1.48. The Labute approximate surface area is 71.6 Å². The first-order valence-electron chi connectivity index (χ1n) is 3.63. The minimum atomic E-state index is -0.537. The standard InChI is InChI=1S/C7H6N4O2/c1-3-2-4-5(11-10-3)6(12)9-7(13)8-4/h2H,1H3,(H2,8,9,12,13). The van der Waals surface area contributed by atoms with E-state index < -0.39 is 11.2 Å². The second-order valence-electron chi connectivity index (χ2n) is 2.66. The Morgan fingerprint density at radius 1 is 1.23 bits per heavy atom. The summed E-state index contributed by atoms with van der Waals surface area (Å²) in [6.45, 7) is 1.73. The minimum Gasteiger partial charge on any atom is -0.305 e. The third-order valence-electron chi connectivity index (χ3n) is 1.61. The van der Waals surface area contributed by atoms with Crippen LogP contribution < -0.4 is 11.2 Å². The van der Waals surface area contributed by atoms with Gasteiger partial charge in [-0.25, -0.2) is 4.79 Å². The van der Waals surface area contributed by atoms with Gasteiger partial charge in [0.15, 0.2) is 5.52 Å². The number of aromatic amines is 2. The Balaban J connectivity index is 3.03. The van der Waals surface area contributed by atoms with Gasteiger partial charge in [0.2, 0.25) is 0 Å². The molecule has 13 heavy (non-hydrogen) atoms. The van der Waals surface area contributed by atoms with Gasteiger partial charge in [0.05, 0.1) is 11.2 Å². The lowest BCUT2D eigenvalue weighted by Crippen LogP contribution is -2.23. The molecule has 0 amide bonds. The second kappa shape index (κ2) is 2.51. The van der Waals surface area contributed by atoms with Gasteiger partial charge in [-0.2, -0.15) is 5.10 Å². The summed E-state index contributed by atoms with van der Waals surface area (Å²) in [5.41, 5.74) is 0.136. The van der Waals surface area contributed by atoms with Crippen molar-refractivity contribution < 1.29 is 0 Å². The van der Waals surface area contributed by atoms with Gasteiger partial charge in [-0.05, 0) is 13.0 Å². The molecule has 6 nitrogen and oxygen atoms in total. The van der Waals surface area contributed by atoms with Crippen LogP contribution in [0.1, 0.15) is 5.69 Å². The molecule has 0 bridgehead atoms. The minimum absolute atomic E-state index is 0.144. The number of aromatic nitrogens is 4. The lowest BCUT2D eigenvalue weighted by molar-refractivity contribution is 0.979. The van der Waals surface area contributed by atoms with E-state index in [2.05, 4.69) is 20.2 Å². The fourth-order valence-corrected chi connectivity index (χ4v) is 1.07. The van der Waals surface area contributed by atoms with E-state index in [1.54, 1.807) is 13.0 Å². The first-order valence-corrected chi connectivity index (χ1v) is 3.63. The van der Waals surface area contributed by atoms with Crippen molar-refractivity contribution in [1.29, 1.82) is 0 Å². The van der Waals surface area contributed by atoms with Crippen molar-refractivity contribution in [1.82, 2.24) is 20.2 Å². The molecule has 0 aliphatic rings. The van der Waals surface area contributed by atoms with Crippen molar-refractivity contribution in [3.63, 3.8) is 0 Å². The van der Waals surface area contributed by atoms with Crippen LogP contribution in [-0.2, 0) is 0 Å². The van der Waals surface area contributed by atoms with E-state index in [4.69, 9.17) is 0 Å². The molecule has 2 aromatic rings. The second-order valence-corrected chi connectivity index (χ2v) is 2.66. The Bertz CT molecular complexity index is 568. The fourth-order valence-electron chi connectivity index (χ4n) is 1.07. The molecular formula is C7H6N4O2. The molecule has 2 heterocycles. The van der Waals surface area contributed by atoms with E-state index in [1.807, 2.05) is 0 Å². The molecule has 0 aromatic carbocycles. The highest BCUT2D eigenvalue weighted by Gasteiger charge is 2.01. The molecule has 0 unspecified atom stereocenters. The summed E-state index contributed by atoms with van der Waals surface area (Å²) in [7, 11) is 0. The average molecular weight is 178 g/mol. The van der Waals surface area contributed by atoms with E-state index in [0.717, 1.165) is 0 Å². The van der Waals surface area contributed by atoms with Gasteiger partial charge in [-0.1, -0.05) is 0 Å². The van der Waals surface area contributed by atoms with Gasteiger partial charge in [0, 0.05) is 0 Å². The van der Waals surface area contributed by atoms with Gasteiger partial charge in [-0.3, -0.25) is 9.78 Å². The quantitative estimate of drug-likeness (QED) is 0.558. The summed E-state index contributed by atoms with van der Waals surface area (Å²) in [6, 6.07) is 1.60. The van der Waals surface area contributed by atoms with Crippen molar-refractivity contribution in [3.8, 4) is 0 Å². The van der Waals surface area contributed by atoms with Crippen LogP contribution in [0.5, 0.6) is 0 Å². The molecule has 0 aliphatic carbocycles. The number of nitrogens with zero attached hydrogens (tertiary/aromatic N) is 2. The van der Waals surface area contributed by atoms with Crippen LogP contribution in [0.3, 0.4) is 0 Å². The average Bonchev–Trinajstić information content (AvgIpc) is 2.02. The van der Waals surface area contributed by atoms with Crippen LogP contribution >= 0.6 is 0 Å². The number of hydrogen-bond acceptors (Lipinski definition) is 4. The van der Waals surface area contributed by atoms with Crippen LogP contribution in [0.25, 0.3) is 11.0 Å². The molecule has 0 atom stereocenters. The van der Waals surface area contributed by atoms with Gasteiger partial charge >= 0.3 is 5.69 Å². The highest BCUT2D eigenvalue weighted by Crippen LogP contribution is 1.99. The van der Waals surface area contributed by atoms with E-state index in [0.29, 0.717) is 11.2 Å². The highest BCUT2D eigenvalue weighted by atomic mass is 16.2. The van der Waals surface area contributed by atoms with E-state index >= 15 is 0 Å². The van der Waals surface area contributed by atoms with Crippen LogP contribution in [0, 0.1) is 6.92 Å². The lowest BCUT2D eigenvalue weighted by Gasteiger charge is -1.94. The van der Waals surface area contributed by atoms with E-state index in [9.17, 15) is 9.59 Å². The maximum absolute atomic E-state index is 11.1. The summed E-state index contributed by atoms with van der Waals surface area (Å²) in [4.78, 5) is 26.5. The molecule has 0 fully saturated rings. The smallest absolute Gasteiger partial charge is 0.305 e. The zero-order chi connectivity index (χ0) is 9.42. The van der Waals surface area contributed by atoms with Gasteiger partial charge in [-0.15, -0.1) is 5.10 Å². The Hall–Kier alpha value is -1.98. The predicted octanol–water partition coefficient (Wildman–Crippen LogP) is -0.685. The van der Waals surface area contributed by atoms with Crippen LogP contribution in [-0.4, -0.2) is 20.2 Å². The maximum Gasteiger partial charge on any atom is 0.326 e. The van der Waals surface area contributed by atoms with Crippen LogP contribution in [0.4, 0.5) is 0 Å². The van der Waals surface area contributed by atoms with E-state index in [1.165, 1.54) is 0 Å². The summed E-state index contributed by atoms with van der Waals surface area (Å²) < 4.78 is 0. The Morgan fingerprint density at radius 3 is 2.77 bits per heavy atom. The van der Waals surface area contributed by atoms with Crippen LogP contribution in [0.15, 0.2) is 15.7 Å². The van der Waals surface area contributed by atoms with Gasteiger partial charge < -0.3 is 4.98 Å². The lowest BCUT2D eigenvalue weighted by atomic mass is 10.3. The predicted molar refractivity (Wildman–Crippen MR) is 45.5 cm³/mol. The summed E-state index contributed by atoms with van der Waals surface area (Å²) in [5.74, 6) is 0.